The van der Waals surface area contributed by atoms with E-state index in [2.05, 4.69) is 5.10 Å². The van der Waals surface area contributed by atoms with Gasteiger partial charge in [-0.15, -0.1) is 11.3 Å². The van der Waals surface area contributed by atoms with Crippen LogP contribution in [0.4, 0.5) is 4.79 Å². The summed E-state index contributed by atoms with van der Waals surface area (Å²) >= 11 is 7.49. The number of ether oxygens (including phenoxy) is 1. The van der Waals surface area contributed by atoms with Crippen LogP contribution >= 0.6 is 22.9 Å². The van der Waals surface area contributed by atoms with Gasteiger partial charge < -0.3 is 14.5 Å². The summed E-state index contributed by atoms with van der Waals surface area (Å²) in [5.41, 5.74) is 4.48. The third-order valence-electron chi connectivity index (χ3n) is 5.74. The zero-order chi connectivity index (χ0) is 23.5. The van der Waals surface area contributed by atoms with Crippen LogP contribution in [-0.2, 0) is 16.0 Å². The quantitative estimate of drug-likeness (QED) is 0.541. The first-order chi connectivity index (χ1) is 15.9. The maximum absolute atomic E-state index is 13.0. The van der Waals surface area contributed by atoms with Crippen molar-refractivity contribution in [1.82, 2.24) is 24.6 Å². The van der Waals surface area contributed by atoms with Gasteiger partial charge in [0.25, 0.3) is 0 Å². The lowest BCUT2D eigenvalue weighted by Gasteiger charge is -2.34. The van der Waals surface area contributed by atoms with Crippen molar-refractivity contribution in [2.24, 2.45) is 0 Å². The second-order valence-corrected chi connectivity index (χ2v) is 9.10. The molecule has 2 aromatic heterocycles. The van der Waals surface area contributed by atoms with Gasteiger partial charge in [0.05, 0.1) is 24.4 Å². The summed E-state index contributed by atoms with van der Waals surface area (Å²) < 4.78 is 6.85. The number of aryl methyl sites for hydroxylation is 1. The second kappa shape index (κ2) is 9.93. The molecule has 1 aromatic carbocycles. The van der Waals surface area contributed by atoms with Gasteiger partial charge in [-0.3, -0.25) is 4.79 Å². The summed E-state index contributed by atoms with van der Waals surface area (Å²) in [4.78, 5) is 33.0. The van der Waals surface area contributed by atoms with Gasteiger partial charge in [-0.2, -0.15) is 5.10 Å². The summed E-state index contributed by atoms with van der Waals surface area (Å²) in [6, 6.07) is 7.56. The van der Waals surface area contributed by atoms with Crippen molar-refractivity contribution < 1.29 is 14.3 Å². The Balaban J connectivity index is 1.45. The highest BCUT2D eigenvalue weighted by Crippen LogP contribution is 2.27. The van der Waals surface area contributed by atoms with E-state index >= 15 is 0 Å². The maximum Gasteiger partial charge on any atom is 0.409 e. The minimum Gasteiger partial charge on any atom is -0.450 e. The molecule has 0 saturated carbocycles. The fourth-order valence-electron chi connectivity index (χ4n) is 3.85. The largest absolute Gasteiger partial charge is 0.450 e. The monoisotopic (exact) mass is 487 g/mol. The topological polar surface area (TPSA) is 80.6 Å². The summed E-state index contributed by atoms with van der Waals surface area (Å²) in [5.74, 6) is 0.0326. The van der Waals surface area contributed by atoms with Crippen molar-refractivity contribution in [2.75, 3.05) is 32.8 Å². The van der Waals surface area contributed by atoms with Crippen LogP contribution in [0.25, 0.3) is 16.4 Å². The van der Waals surface area contributed by atoms with Crippen molar-refractivity contribution in [2.45, 2.75) is 27.2 Å². The molecule has 3 heterocycles. The molecular weight excluding hydrogens is 462 g/mol. The highest BCUT2D eigenvalue weighted by Gasteiger charge is 2.26. The second-order valence-electron chi connectivity index (χ2n) is 7.83. The van der Waals surface area contributed by atoms with E-state index in [4.69, 9.17) is 21.3 Å². The molecule has 2 amide bonds. The van der Waals surface area contributed by atoms with Gasteiger partial charge in [-0.05, 0) is 32.9 Å². The van der Waals surface area contributed by atoms with Crippen LogP contribution in [0.1, 0.15) is 23.9 Å². The molecule has 1 saturated heterocycles. The number of amides is 2. The summed E-state index contributed by atoms with van der Waals surface area (Å²) in [7, 11) is 0. The third-order valence-corrected chi connectivity index (χ3v) is 6.81. The molecule has 1 fully saturated rings. The van der Waals surface area contributed by atoms with E-state index in [1.807, 2.05) is 43.5 Å². The zero-order valence-electron chi connectivity index (χ0n) is 18.9. The van der Waals surface area contributed by atoms with E-state index in [1.165, 1.54) is 11.3 Å². The first-order valence-electron chi connectivity index (χ1n) is 10.8. The van der Waals surface area contributed by atoms with Crippen LogP contribution in [0.5, 0.6) is 0 Å². The number of halogens is 1. The number of carbonyl (C=O) groups is 2. The Kier molecular flexibility index (Phi) is 6.99. The summed E-state index contributed by atoms with van der Waals surface area (Å²) in [5, 5.41) is 8.08. The number of rotatable bonds is 5. The molecule has 8 nitrogen and oxygen atoms in total. The number of hydrogen-bond acceptors (Lipinski definition) is 6. The standard InChI is InChI=1S/C23H26ClN5O3S/c1-4-32-23(31)28-11-9-27(10-12-28)21(30)13-19-15(2)26-29(16(19)3)22-25-20(14-33-22)17-5-7-18(24)8-6-17/h5-8,14H,4,9-13H2,1-3H3. The molecule has 10 heteroatoms. The molecule has 0 unspecified atom stereocenters. The van der Waals surface area contributed by atoms with Gasteiger partial charge in [0, 0.05) is 53.4 Å². The van der Waals surface area contributed by atoms with Gasteiger partial charge in [0.1, 0.15) is 0 Å². The number of hydrogen-bond donors (Lipinski definition) is 0. The number of aromatic nitrogens is 3. The Morgan fingerprint density at radius 3 is 2.42 bits per heavy atom. The van der Waals surface area contributed by atoms with Crippen LogP contribution in [-0.4, -0.2) is 69.4 Å². The minimum absolute atomic E-state index is 0.0326. The van der Waals surface area contributed by atoms with Gasteiger partial charge >= 0.3 is 6.09 Å². The molecule has 174 valence electrons. The normalized spacial score (nSPS) is 13.9. The number of benzene rings is 1. The highest BCUT2D eigenvalue weighted by molar-refractivity contribution is 7.12. The Labute approximate surface area is 201 Å². The molecule has 0 atom stereocenters. The van der Waals surface area contributed by atoms with Crippen molar-refractivity contribution >= 4 is 34.9 Å². The van der Waals surface area contributed by atoms with Gasteiger partial charge in [-0.25, -0.2) is 14.5 Å². The number of nitrogens with zero attached hydrogens (tertiary/aromatic N) is 5. The zero-order valence-corrected chi connectivity index (χ0v) is 20.4. The molecule has 0 spiro atoms. The molecule has 4 rings (SSSR count). The first kappa shape index (κ1) is 23.3. The third kappa shape index (κ3) is 5.04. The van der Waals surface area contributed by atoms with Crippen LogP contribution in [0, 0.1) is 13.8 Å². The molecule has 0 aliphatic carbocycles. The SMILES string of the molecule is CCOC(=O)N1CCN(C(=O)Cc2c(C)nn(-c3nc(-c4ccc(Cl)cc4)cs3)c2C)CC1. The Morgan fingerprint density at radius 2 is 1.76 bits per heavy atom. The predicted octanol–water partition coefficient (Wildman–Crippen LogP) is 4.11. The van der Waals surface area contributed by atoms with Crippen LogP contribution in [0.3, 0.4) is 0 Å². The van der Waals surface area contributed by atoms with E-state index < -0.39 is 0 Å². The predicted molar refractivity (Wildman–Crippen MR) is 128 cm³/mol. The molecule has 1 aliphatic heterocycles. The fraction of sp³-hybridized carbons (Fsp3) is 0.391. The fourth-order valence-corrected chi connectivity index (χ4v) is 4.81. The van der Waals surface area contributed by atoms with Crippen molar-refractivity contribution in [3.8, 4) is 16.4 Å². The summed E-state index contributed by atoms with van der Waals surface area (Å²) in [6.07, 6.45) is -0.0501. The van der Waals surface area contributed by atoms with E-state index in [0.717, 1.165) is 33.3 Å². The molecule has 1 aliphatic rings. The van der Waals surface area contributed by atoms with Gasteiger partial charge in [-0.1, -0.05) is 23.7 Å². The first-order valence-corrected chi connectivity index (χ1v) is 12.1. The lowest BCUT2D eigenvalue weighted by molar-refractivity contribution is -0.132. The summed E-state index contributed by atoms with van der Waals surface area (Å²) in [6.45, 7) is 7.97. The van der Waals surface area contributed by atoms with Gasteiger partial charge in [0.15, 0.2) is 0 Å². The van der Waals surface area contributed by atoms with Crippen molar-refractivity contribution in [3.05, 3.63) is 51.6 Å². The molecule has 0 N–H and O–H groups in total. The molecule has 33 heavy (non-hydrogen) atoms. The van der Waals surface area contributed by atoms with E-state index in [0.29, 0.717) is 37.8 Å². The molecule has 0 bridgehead atoms. The molecule has 0 radical (unpaired) electrons. The van der Waals surface area contributed by atoms with E-state index in [9.17, 15) is 9.59 Å². The Morgan fingerprint density at radius 1 is 1.09 bits per heavy atom. The molecular formula is C23H26ClN5O3S. The highest BCUT2D eigenvalue weighted by atomic mass is 35.5. The average Bonchev–Trinajstić information content (AvgIpc) is 3.40. The van der Waals surface area contributed by atoms with Crippen molar-refractivity contribution in [1.29, 1.82) is 0 Å². The van der Waals surface area contributed by atoms with Crippen LogP contribution in [0.15, 0.2) is 29.6 Å². The Hall–Kier alpha value is -2.91. The van der Waals surface area contributed by atoms with Crippen LogP contribution in [0.2, 0.25) is 5.02 Å². The van der Waals surface area contributed by atoms with E-state index in [-0.39, 0.29) is 18.4 Å². The maximum atomic E-state index is 13.0. The Bertz CT molecular complexity index is 1150. The lowest BCUT2D eigenvalue weighted by Crippen LogP contribution is -2.51. The number of carbonyl (C=O) groups excluding carboxylic acids is 2. The molecule has 3 aromatic rings. The van der Waals surface area contributed by atoms with Crippen LogP contribution < -0.4 is 0 Å². The van der Waals surface area contributed by atoms with Gasteiger partial charge in [0.2, 0.25) is 11.0 Å². The number of thiazole rings is 1. The minimum atomic E-state index is -0.320. The lowest BCUT2D eigenvalue weighted by atomic mass is 10.1. The average molecular weight is 488 g/mol. The van der Waals surface area contributed by atoms with Crippen molar-refractivity contribution in [3.63, 3.8) is 0 Å². The smallest absolute Gasteiger partial charge is 0.409 e. The van der Waals surface area contributed by atoms with E-state index in [1.54, 1.807) is 21.4 Å². The number of piperazine rings is 1.